The van der Waals surface area contributed by atoms with Crippen molar-refractivity contribution >= 4 is 40.2 Å². The third-order valence-electron chi connectivity index (χ3n) is 4.91. The van der Waals surface area contributed by atoms with Crippen LogP contribution >= 0.6 is 0 Å². The molecule has 0 aliphatic rings. The molecule has 0 unspecified atom stereocenters. The molecule has 0 radical (unpaired) electrons. The van der Waals surface area contributed by atoms with Crippen molar-refractivity contribution in [1.29, 1.82) is 0 Å². The van der Waals surface area contributed by atoms with Crippen molar-refractivity contribution in [3.05, 3.63) is 90.8 Å². The van der Waals surface area contributed by atoms with E-state index in [-0.39, 0.29) is 0 Å². The van der Waals surface area contributed by atoms with E-state index in [1.54, 1.807) is 0 Å². The molecule has 0 aliphatic heterocycles. The Bertz CT molecular complexity index is 1210. The lowest BCUT2D eigenvalue weighted by atomic mass is 9.72. The van der Waals surface area contributed by atoms with Crippen LogP contribution in [0.25, 0.3) is 38.7 Å². The fourth-order valence-corrected chi connectivity index (χ4v) is 3.67. The fraction of sp³-hybridized carbons (Fsp3) is 0.0417. The van der Waals surface area contributed by atoms with Crippen LogP contribution < -0.4 is 5.46 Å². The minimum absolute atomic E-state index is 0.508. The van der Waals surface area contributed by atoms with Gasteiger partial charge in [-0.2, -0.15) is 0 Å². The first kappa shape index (κ1) is 18.2. The summed E-state index contributed by atoms with van der Waals surface area (Å²) >= 11 is 0. The number of hydrogen-bond donors (Lipinski definition) is 2. The van der Waals surface area contributed by atoms with Gasteiger partial charge in [0.15, 0.2) is 0 Å². The lowest BCUT2D eigenvalue weighted by molar-refractivity contribution is 0.426. The molecule has 4 heteroatoms. The monoisotopic (exact) mass is 365 g/mol. The normalized spacial score (nSPS) is 11.8. The molecule has 0 fully saturated rings. The van der Waals surface area contributed by atoms with Crippen molar-refractivity contribution in [2.45, 2.75) is 6.92 Å². The van der Waals surface area contributed by atoms with Crippen LogP contribution in [0.5, 0.6) is 0 Å². The average Bonchev–Trinajstić information content (AvgIpc) is 2.72. The number of fused-ring (bicyclic) bond motifs is 2. The van der Waals surface area contributed by atoms with E-state index in [0.717, 1.165) is 38.2 Å². The van der Waals surface area contributed by atoms with Gasteiger partial charge in [-0.15, -0.1) is 0 Å². The molecule has 0 saturated heterocycles. The quantitative estimate of drug-likeness (QED) is 0.418. The highest BCUT2D eigenvalue weighted by Crippen LogP contribution is 2.34. The molecular weight excluding hydrogens is 345 g/mol. The second-order valence-electron chi connectivity index (χ2n) is 6.64. The van der Waals surface area contributed by atoms with Gasteiger partial charge in [0.05, 0.1) is 0 Å². The molecule has 136 valence electrons. The standard InChI is InChI=1S/C24H20BNO2/c1-2-3-4-9-17-14-22(20-12-7-8-13-21(20)24(17)25(27)28)23-16-26-15-18-10-5-6-11-19(18)23/h2-16,27-28H,1H3/b3-2-,9-4-. The number of nitrogens with zero attached hydrogens (tertiary/aromatic N) is 1. The number of pyridine rings is 1. The molecule has 2 N–H and O–H groups in total. The molecular formula is C24H20BNO2. The SMILES string of the molecule is C/C=C\C=C/c1cc(-c2cncc3ccccc23)c2ccccc2c1B(O)O. The Labute approximate surface area is 164 Å². The molecule has 1 aromatic heterocycles. The Morgan fingerprint density at radius 3 is 2.29 bits per heavy atom. The number of rotatable bonds is 4. The number of aromatic nitrogens is 1. The molecule has 1 heterocycles. The lowest BCUT2D eigenvalue weighted by Gasteiger charge is -2.16. The van der Waals surface area contributed by atoms with Crippen LogP contribution in [-0.4, -0.2) is 22.2 Å². The van der Waals surface area contributed by atoms with Gasteiger partial charge in [-0.1, -0.05) is 72.8 Å². The molecule has 0 spiro atoms. The summed E-state index contributed by atoms with van der Waals surface area (Å²) in [7, 11) is -1.56. The molecule has 0 bridgehead atoms. The zero-order valence-corrected chi connectivity index (χ0v) is 15.6. The number of benzene rings is 3. The van der Waals surface area contributed by atoms with Gasteiger partial charge in [-0.05, 0) is 45.7 Å². The van der Waals surface area contributed by atoms with E-state index in [1.807, 2.05) is 92.2 Å². The zero-order valence-electron chi connectivity index (χ0n) is 15.6. The summed E-state index contributed by atoms with van der Waals surface area (Å²) in [5, 5.41) is 24.1. The van der Waals surface area contributed by atoms with Crippen molar-refractivity contribution in [3.8, 4) is 11.1 Å². The van der Waals surface area contributed by atoms with E-state index in [1.165, 1.54) is 0 Å². The van der Waals surface area contributed by atoms with Gasteiger partial charge in [0.1, 0.15) is 0 Å². The van der Waals surface area contributed by atoms with Crippen LogP contribution in [0.15, 0.2) is 85.2 Å². The Kier molecular flexibility index (Phi) is 5.07. The largest absolute Gasteiger partial charge is 0.489 e. The molecule has 28 heavy (non-hydrogen) atoms. The van der Waals surface area contributed by atoms with Gasteiger partial charge in [0.2, 0.25) is 0 Å². The zero-order chi connectivity index (χ0) is 19.5. The Hall–Kier alpha value is -3.21. The summed E-state index contributed by atoms with van der Waals surface area (Å²) in [6, 6.07) is 18.0. The maximum atomic E-state index is 10.1. The highest BCUT2D eigenvalue weighted by atomic mass is 16.4. The van der Waals surface area contributed by atoms with Crippen LogP contribution in [0.4, 0.5) is 0 Å². The first-order valence-electron chi connectivity index (χ1n) is 9.25. The topological polar surface area (TPSA) is 53.4 Å². The highest BCUT2D eigenvalue weighted by molar-refractivity contribution is 6.63. The third kappa shape index (κ3) is 3.24. The maximum absolute atomic E-state index is 10.1. The van der Waals surface area contributed by atoms with E-state index in [4.69, 9.17) is 0 Å². The van der Waals surface area contributed by atoms with Crippen LogP contribution in [0.2, 0.25) is 0 Å². The van der Waals surface area contributed by atoms with Crippen molar-refractivity contribution in [3.63, 3.8) is 0 Å². The van der Waals surface area contributed by atoms with E-state index in [2.05, 4.69) is 11.1 Å². The van der Waals surface area contributed by atoms with Crippen LogP contribution in [0.3, 0.4) is 0 Å². The molecule has 4 rings (SSSR count). The Morgan fingerprint density at radius 2 is 1.54 bits per heavy atom. The Balaban J connectivity index is 2.10. The van der Waals surface area contributed by atoms with Crippen LogP contribution in [0.1, 0.15) is 12.5 Å². The third-order valence-corrected chi connectivity index (χ3v) is 4.91. The summed E-state index contributed by atoms with van der Waals surface area (Å²) in [6.07, 6.45) is 11.4. The summed E-state index contributed by atoms with van der Waals surface area (Å²) in [5.74, 6) is 0. The van der Waals surface area contributed by atoms with Crippen molar-refractivity contribution in [2.75, 3.05) is 0 Å². The minimum atomic E-state index is -1.56. The molecule has 0 atom stereocenters. The summed E-state index contributed by atoms with van der Waals surface area (Å²) in [6.45, 7) is 1.94. The van der Waals surface area contributed by atoms with Crippen LogP contribution in [0, 0.1) is 0 Å². The van der Waals surface area contributed by atoms with E-state index < -0.39 is 7.12 Å². The smallest absolute Gasteiger partial charge is 0.423 e. The minimum Gasteiger partial charge on any atom is -0.423 e. The number of allylic oxidation sites excluding steroid dienone is 3. The van der Waals surface area contributed by atoms with Gasteiger partial charge >= 0.3 is 7.12 Å². The predicted octanol–water partition coefficient (Wildman–Crippen LogP) is 4.32. The average molecular weight is 365 g/mol. The van der Waals surface area contributed by atoms with E-state index in [0.29, 0.717) is 5.46 Å². The van der Waals surface area contributed by atoms with Crippen molar-refractivity contribution < 1.29 is 10.0 Å². The van der Waals surface area contributed by atoms with Gasteiger partial charge in [0, 0.05) is 23.3 Å². The lowest BCUT2D eigenvalue weighted by Crippen LogP contribution is -2.33. The molecule has 0 saturated carbocycles. The summed E-state index contributed by atoms with van der Waals surface area (Å²) < 4.78 is 0. The summed E-state index contributed by atoms with van der Waals surface area (Å²) in [5.41, 5.74) is 3.32. The first-order chi connectivity index (χ1) is 13.7. The van der Waals surface area contributed by atoms with E-state index >= 15 is 0 Å². The van der Waals surface area contributed by atoms with Crippen molar-refractivity contribution in [1.82, 2.24) is 4.98 Å². The van der Waals surface area contributed by atoms with Gasteiger partial charge in [-0.25, -0.2) is 0 Å². The number of hydrogen-bond acceptors (Lipinski definition) is 3. The molecule has 0 aliphatic carbocycles. The van der Waals surface area contributed by atoms with Gasteiger partial charge in [0.25, 0.3) is 0 Å². The fourth-order valence-electron chi connectivity index (χ4n) is 3.67. The highest BCUT2D eigenvalue weighted by Gasteiger charge is 2.21. The predicted molar refractivity (Wildman–Crippen MR) is 118 cm³/mol. The van der Waals surface area contributed by atoms with E-state index in [9.17, 15) is 10.0 Å². The Morgan fingerprint density at radius 1 is 0.821 bits per heavy atom. The molecule has 4 aromatic rings. The second kappa shape index (κ2) is 7.81. The molecule has 3 aromatic carbocycles. The molecule has 3 nitrogen and oxygen atoms in total. The van der Waals surface area contributed by atoms with Crippen molar-refractivity contribution in [2.24, 2.45) is 0 Å². The van der Waals surface area contributed by atoms with Crippen LogP contribution in [-0.2, 0) is 0 Å². The van der Waals surface area contributed by atoms with Gasteiger partial charge in [-0.3, -0.25) is 4.98 Å². The molecule has 0 amide bonds. The first-order valence-corrected chi connectivity index (χ1v) is 9.25. The second-order valence-corrected chi connectivity index (χ2v) is 6.64. The summed E-state index contributed by atoms with van der Waals surface area (Å²) in [4.78, 5) is 4.43. The van der Waals surface area contributed by atoms with Gasteiger partial charge < -0.3 is 10.0 Å². The maximum Gasteiger partial charge on any atom is 0.489 e.